The quantitative estimate of drug-likeness (QED) is 0.848. The number of aromatic amines is 1. The van der Waals surface area contributed by atoms with Crippen molar-refractivity contribution in [2.75, 3.05) is 13.2 Å². The number of aromatic nitrogens is 3. The Hall–Kier alpha value is -1.91. The lowest BCUT2D eigenvalue weighted by atomic mass is 10.0. The number of ether oxygens (including phenoxy) is 1. The molecule has 7 nitrogen and oxygen atoms in total. The van der Waals surface area contributed by atoms with Crippen LogP contribution in [0.15, 0.2) is 29.4 Å². The highest BCUT2D eigenvalue weighted by atomic mass is 32.2. The lowest BCUT2D eigenvalue weighted by Crippen LogP contribution is -2.31. The minimum Gasteiger partial charge on any atom is -0.370 e. The van der Waals surface area contributed by atoms with Gasteiger partial charge in [-0.25, -0.2) is 26.9 Å². The Morgan fingerprint density at radius 3 is 2.96 bits per heavy atom. The summed E-state index contributed by atoms with van der Waals surface area (Å²) in [5.41, 5.74) is 0. The van der Waals surface area contributed by atoms with Gasteiger partial charge in [-0.2, -0.15) is 5.10 Å². The van der Waals surface area contributed by atoms with Crippen LogP contribution in [-0.4, -0.2) is 36.8 Å². The summed E-state index contributed by atoms with van der Waals surface area (Å²) in [4.78, 5) is 3.28. The Morgan fingerprint density at radius 1 is 1.39 bits per heavy atom. The van der Waals surface area contributed by atoms with E-state index in [2.05, 4.69) is 19.9 Å². The van der Waals surface area contributed by atoms with Gasteiger partial charge in [-0.15, -0.1) is 0 Å². The monoisotopic (exact) mass is 344 g/mol. The van der Waals surface area contributed by atoms with Crippen molar-refractivity contribution < 1.29 is 21.9 Å². The zero-order valence-electron chi connectivity index (χ0n) is 11.9. The first-order chi connectivity index (χ1) is 11.0. The van der Waals surface area contributed by atoms with Crippen LogP contribution >= 0.6 is 0 Å². The molecule has 0 unspecified atom stereocenters. The average Bonchev–Trinajstić information content (AvgIpc) is 3.18. The number of hydrogen-bond acceptors (Lipinski definition) is 5. The molecule has 1 fully saturated rings. The predicted molar refractivity (Wildman–Crippen MR) is 74.7 cm³/mol. The van der Waals surface area contributed by atoms with Crippen molar-refractivity contribution in [1.29, 1.82) is 0 Å². The van der Waals surface area contributed by atoms with Gasteiger partial charge in [0.25, 0.3) is 0 Å². The predicted octanol–water partition coefficient (Wildman–Crippen LogP) is 1.14. The molecule has 2 heterocycles. The molecule has 1 saturated heterocycles. The zero-order valence-corrected chi connectivity index (χ0v) is 12.7. The molecule has 3 rings (SSSR count). The van der Waals surface area contributed by atoms with Crippen molar-refractivity contribution in [3.63, 3.8) is 0 Å². The minimum absolute atomic E-state index is 0.0175. The van der Waals surface area contributed by atoms with Crippen molar-refractivity contribution >= 4 is 10.0 Å². The van der Waals surface area contributed by atoms with Crippen LogP contribution in [0.25, 0.3) is 0 Å². The van der Waals surface area contributed by atoms with E-state index in [4.69, 9.17) is 4.74 Å². The molecule has 0 saturated carbocycles. The summed E-state index contributed by atoms with van der Waals surface area (Å²) in [5.74, 6) is -2.29. The molecule has 0 aliphatic carbocycles. The normalized spacial score (nSPS) is 21.7. The zero-order chi connectivity index (χ0) is 16.4. The molecule has 0 bridgehead atoms. The molecule has 124 valence electrons. The van der Waals surface area contributed by atoms with Crippen LogP contribution in [0.2, 0.25) is 0 Å². The molecular formula is C13H14F2N4O3S. The number of sulfonamides is 1. The van der Waals surface area contributed by atoms with Crippen LogP contribution in [0.5, 0.6) is 0 Å². The first-order valence-corrected chi connectivity index (χ1v) is 8.38. The highest BCUT2D eigenvalue weighted by molar-refractivity contribution is 7.89. The molecule has 0 spiro atoms. The maximum absolute atomic E-state index is 13.7. The number of benzene rings is 1. The van der Waals surface area contributed by atoms with Crippen molar-refractivity contribution in [3.8, 4) is 0 Å². The summed E-state index contributed by atoms with van der Waals surface area (Å²) < 4.78 is 59.0. The second kappa shape index (κ2) is 6.30. The maximum atomic E-state index is 13.7. The number of nitrogens with one attached hydrogen (secondary N) is 2. The summed E-state index contributed by atoms with van der Waals surface area (Å²) in [7, 11) is -4.16. The summed E-state index contributed by atoms with van der Waals surface area (Å²) >= 11 is 0. The molecule has 1 aliphatic rings. The molecule has 2 aromatic rings. The minimum atomic E-state index is -4.16. The third-order valence-electron chi connectivity index (χ3n) is 3.66. The third kappa shape index (κ3) is 3.23. The van der Waals surface area contributed by atoms with Gasteiger partial charge < -0.3 is 4.74 Å². The highest BCUT2D eigenvalue weighted by Crippen LogP contribution is 2.32. The molecule has 2 N–H and O–H groups in total. The number of nitrogens with zero attached hydrogens (tertiary/aromatic N) is 2. The standard InChI is InChI=1S/C13H14F2N4O3S/c14-9-2-1-3-10(11(9)15)23(20,21)18-6-8-4-5-22-12(8)13-16-7-17-19-13/h1-3,7-8,12,18H,4-6H2,(H,16,17,19)/t8-,12-/m0/s1. The van der Waals surface area contributed by atoms with Crippen LogP contribution in [0.1, 0.15) is 18.3 Å². The Morgan fingerprint density at radius 2 is 2.22 bits per heavy atom. The Balaban J connectivity index is 1.73. The van der Waals surface area contributed by atoms with E-state index >= 15 is 0 Å². The molecule has 10 heteroatoms. The van der Waals surface area contributed by atoms with Gasteiger partial charge in [0.15, 0.2) is 17.5 Å². The van der Waals surface area contributed by atoms with Gasteiger partial charge in [-0.3, -0.25) is 5.10 Å². The van der Waals surface area contributed by atoms with Crippen LogP contribution < -0.4 is 4.72 Å². The summed E-state index contributed by atoms with van der Waals surface area (Å²) in [6.07, 6.45) is 1.53. The SMILES string of the molecule is O=S(=O)(NC[C@@H]1CCO[C@@H]1c1ncn[nH]1)c1cccc(F)c1F. The lowest BCUT2D eigenvalue weighted by Gasteiger charge is -2.17. The van der Waals surface area contributed by atoms with Gasteiger partial charge >= 0.3 is 0 Å². The number of rotatable bonds is 5. The molecule has 23 heavy (non-hydrogen) atoms. The average molecular weight is 344 g/mol. The maximum Gasteiger partial charge on any atom is 0.243 e. The van der Waals surface area contributed by atoms with Crippen LogP contribution in [0.3, 0.4) is 0 Å². The molecule has 0 radical (unpaired) electrons. The fourth-order valence-electron chi connectivity index (χ4n) is 2.48. The van der Waals surface area contributed by atoms with Gasteiger partial charge in [-0.1, -0.05) is 6.07 Å². The van der Waals surface area contributed by atoms with Gasteiger partial charge in [0.2, 0.25) is 10.0 Å². The molecular weight excluding hydrogens is 330 g/mol. The van der Waals surface area contributed by atoms with Crippen LogP contribution in [-0.2, 0) is 14.8 Å². The van der Waals surface area contributed by atoms with Crippen LogP contribution in [0.4, 0.5) is 8.78 Å². The van der Waals surface area contributed by atoms with Gasteiger partial charge in [-0.05, 0) is 18.6 Å². The Bertz CT molecular complexity index is 783. The number of halogens is 2. The van der Waals surface area contributed by atoms with Gasteiger partial charge in [0.05, 0.1) is 0 Å². The molecule has 1 aromatic heterocycles. The van der Waals surface area contributed by atoms with E-state index in [9.17, 15) is 17.2 Å². The van der Waals surface area contributed by atoms with E-state index in [0.717, 1.165) is 18.2 Å². The summed E-state index contributed by atoms with van der Waals surface area (Å²) in [6, 6.07) is 3.02. The smallest absolute Gasteiger partial charge is 0.243 e. The third-order valence-corrected chi connectivity index (χ3v) is 5.10. The van der Waals surface area contributed by atoms with Gasteiger partial charge in [0.1, 0.15) is 17.3 Å². The van der Waals surface area contributed by atoms with Gasteiger partial charge in [0, 0.05) is 19.1 Å². The summed E-state index contributed by atoms with van der Waals surface area (Å²) in [5, 5.41) is 6.41. The molecule has 0 amide bonds. The van der Waals surface area contributed by atoms with E-state index in [1.165, 1.54) is 6.33 Å². The largest absolute Gasteiger partial charge is 0.370 e. The van der Waals surface area contributed by atoms with E-state index in [1.54, 1.807) is 0 Å². The molecule has 2 atom stereocenters. The van der Waals surface area contributed by atoms with E-state index in [-0.39, 0.29) is 12.5 Å². The van der Waals surface area contributed by atoms with E-state index in [0.29, 0.717) is 18.9 Å². The second-order valence-electron chi connectivity index (χ2n) is 5.11. The van der Waals surface area contributed by atoms with Crippen molar-refractivity contribution in [3.05, 3.63) is 42.0 Å². The number of hydrogen-bond donors (Lipinski definition) is 2. The Labute approximate surface area is 131 Å². The summed E-state index contributed by atoms with van der Waals surface area (Å²) in [6.45, 7) is 0.468. The van der Waals surface area contributed by atoms with Crippen molar-refractivity contribution in [2.45, 2.75) is 17.4 Å². The first kappa shape index (κ1) is 16.0. The van der Waals surface area contributed by atoms with Crippen molar-refractivity contribution in [1.82, 2.24) is 19.9 Å². The molecule has 1 aliphatic heterocycles. The second-order valence-corrected chi connectivity index (χ2v) is 6.85. The lowest BCUT2D eigenvalue weighted by molar-refractivity contribution is 0.0848. The topological polar surface area (TPSA) is 97.0 Å². The molecule has 1 aromatic carbocycles. The van der Waals surface area contributed by atoms with Crippen LogP contribution in [0, 0.1) is 17.6 Å². The van der Waals surface area contributed by atoms with E-state index in [1.807, 2.05) is 0 Å². The first-order valence-electron chi connectivity index (χ1n) is 6.89. The number of H-pyrrole nitrogens is 1. The fraction of sp³-hybridized carbons (Fsp3) is 0.385. The Kier molecular flexibility index (Phi) is 4.37. The van der Waals surface area contributed by atoms with Crippen molar-refractivity contribution in [2.24, 2.45) is 5.92 Å². The van der Waals surface area contributed by atoms with E-state index < -0.39 is 32.7 Å². The highest BCUT2D eigenvalue weighted by Gasteiger charge is 2.33. The fourth-order valence-corrected chi connectivity index (χ4v) is 3.66.